The zero-order valence-corrected chi connectivity index (χ0v) is 11.2. The summed E-state index contributed by atoms with van der Waals surface area (Å²) in [5.74, 6) is 0.245. The Balaban J connectivity index is 2.62. The Hall–Kier alpha value is -1.11. The van der Waals surface area contributed by atoms with Gasteiger partial charge in [0.05, 0.1) is 11.9 Å². The van der Waals surface area contributed by atoms with Crippen molar-refractivity contribution in [3.8, 4) is 0 Å². The van der Waals surface area contributed by atoms with Crippen LogP contribution in [0.3, 0.4) is 0 Å². The highest BCUT2D eigenvalue weighted by Gasteiger charge is 2.17. The second kappa shape index (κ2) is 6.00. The van der Waals surface area contributed by atoms with Gasteiger partial charge in [-0.25, -0.2) is 8.42 Å². The Morgan fingerprint density at radius 1 is 1.24 bits per heavy atom. The van der Waals surface area contributed by atoms with E-state index in [1.165, 1.54) is 10.7 Å². The minimum atomic E-state index is -3.27. The van der Waals surface area contributed by atoms with Gasteiger partial charge >= 0.3 is 0 Å². The number of benzene rings is 1. The quantitative estimate of drug-likeness (QED) is 0.757. The molecule has 0 radical (unpaired) electrons. The van der Waals surface area contributed by atoms with Crippen molar-refractivity contribution in [2.24, 2.45) is 5.92 Å². The third-order valence-electron chi connectivity index (χ3n) is 2.03. The third kappa shape index (κ3) is 5.16. The topological polar surface area (TPSA) is 61.4 Å². The summed E-state index contributed by atoms with van der Waals surface area (Å²) in [5.41, 5.74) is 6.37. The first-order valence-corrected chi connectivity index (χ1v) is 7.29. The molecule has 5 nitrogen and oxygen atoms in total. The third-order valence-corrected chi connectivity index (χ3v) is 3.07. The van der Waals surface area contributed by atoms with Gasteiger partial charge in [-0.2, -0.15) is 5.53 Å². The molecule has 0 bridgehead atoms. The van der Waals surface area contributed by atoms with Gasteiger partial charge in [0.1, 0.15) is 0 Å². The summed E-state index contributed by atoms with van der Waals surface area (Å²) in [5, 5.41) is 0. The molecule has 17 heavy (non-hydrogen) atoms. The monoisotopic (exact) mass is 257 g/mol. The van der Waals surface area contributed by atoms with Crippen molar-refractivity contribution in [3.63, 3.8) is 0 Å². The van der Waals surface area contributed by atoms with Gasteiger partial charge in [-0.1, -0.05) is 32.0 Å². The number of nitrogens with one attached hydrogen (secondary N) is 2. The summed E-state index contributed by atoms with van der Waals surface area (Å²) >= 11 is 0. The number of para-hydroxylation sites is 1. The van der Waals surface area contributed by atoms with E-state index in [1.54, 1.807) is 0 Å². The predicted octanol–water partition coefficient (Wildman–Crippen LogP) is 1.44. The second-order valence-electron chi connectivity index (χ2n) is 4.29. The van der Waals surface area contributed by atoms with Crippen LogP contribution < -0.4 is 11.0 Å². The Labute approximate surface area is 103 Å². The maximum atomic E-state index is 11.5. The number of sulfonamides is 1. The molecule has 0 spiro atoms. The van der Waals surface area contributed by atoms with Gasteiger partial charge in [-0.15, -0.1) is 4.41 Å². The van der Waals surface area contributed by atoms with Gasteiger partial charge in [0.15, 0.2) is 0 Å². The maximum absolute atomic E-state index is 11.5. The van der Waals surface area contributed by atoms with Crippen molar-refractivity contribution < 1.29 is 8.42 Å². The van der Waals surface area contributed by atoms with Crippen molar-refractivity contribution in [1.82, 2.24) is 9.95 Å². The van der Waals surface area contributed by atoms with Gasteiger partial charge in [-0.3, -0.25) is 0 Å². The van der Waals surface area contributed by atoms with E-state index in [4.69, 9.17) is 0 Å². The molecule has 1 aromatic rings. The number of rotatable bonds is 6. The molecule has 0 heterocycles. The summed E-state index contributed by atoms with van der Waals surface area (Å²) in [6.45, 7) is 4.34. The molecule has 0 aliphatic heterocycles. The first kappa shape index (κ1) is 14.0. The Bertz CT molecular complexity index is 431. The van der Waals surface area contributed by atoms with E-state index in [2.05, 4.69) is 11.0 Å². The van der Waals surface area contributed by atoms with Crippen LogP contribution in [-0.2, 0) is 10.0 Å². The van der Waals surface area contributed by atoms with E-state index in [-0.39, 0.29) is 5.92 Å². The molecule has 0 saturated heterocycles. The molecule has 0 atom stereocenters. The fourth-order valence-electron chi connectivity index (χ4n) is 1.24. The van der Waals surface area contributed by atoms with Crippen molar-refractivity contribution in [2.75, 3.05) is 18.2 Å². The van der Waals surface area contributed by atoms with E-state index in [1.807, 2.05) is 44.2 Å². The first-order chi connectivity index (χ1) is 7.89. The predicted molar refractivity (Wildman–Crippen MR) is 69.6 cm³/mol. The molecular weight excluding hydrogens is 238 g/mol. The van der Waals surface area contributed by atoms with Crippen LogP contribution in [0.4, 0.5) is 5.69 Å². The highest BCUT2D eigenvalue weighted by molar-refractivity contribution is 7.88. The van der Waals surface area contributed by atoms with Crippen LogP contribution in [0.2, 0.25) is 0 Å². The largest absolute Gasteiger partial charge is 0.307 e. The molecule has 0 aromatic heterocycles. The molecule has 6 heteroatoms. The summed E-state index contributed by atoms with van der Waals surface area (Å²) in [6.07, 6.45) is 1.18. The smallest absolute Gasteiger partial charge is 0.225 e. The van der Waals surface area contributed by atoms with Crippen molar-refractivity contribution >= 4 is 15.7 Å². The van der Waals surface area contributed by atoms with Crippen LogP contribution in [0, 0.1) is 5.92 Å². The minimum Gasteiger partial charge on any atom is -0.307 e. The van der Waals surface area contributed by atoms with Crippen LogP contribution in [0.5, 0.6) is 0 Å². The van der Waals surface area contributed by atoms with E-state index < -0.39 is 10.0 Å². The van der Waals surface area contributed by atoms with Gasteiger partial charge < -0.3 is 5.43 Å². The Kier molecular flexibility index (Phi) is 4.92. The maximum Gasteiger partial charge on any atom is 0.225 e. The second-order valence-corrected chi connectivity index (χ2v) is 6.20. The van der Waals surface area contributed by atoms with Crippen molar-refractivity contribution in [1.29, 1.82) is 0 Å². The zero-order chi connectivity index (χ0) is 12.9. The normalized spacial score (nSPS) is 12.1. The Morgan fingerprint density at radius 3 is 2.29 bits per heavy atom. The molecule has 96 valence electrons. The lowest BCUT2D eigenvalue weighted by molar-refractivity contribution is 0.310. The van der Waals surface area contributed by atoms with Crippen LogP contribution in [0.25, 0.3) is 0 Å². The van der Waals surface area contributed by atoms with Crippen LogP contribution in [0.1, 0.15) is 13.8 Å². The molecule has 0 saturated carbocycles. The van der Waals surface area contributed by atoms with Gasteiger partial charge in [-0.05, 0) is 18.1 Å². The molecule has 0 amide bonds. The van der Waals surface area contributed by atoms with Gasteiger partial charge in [0, 0.05) is 6.54 Å². The number of nitrogens with zero attached hydrogens (tertiary/aromatic N) is 1. The van der Waals surface area contributed by atoms with E-state index in [0.717, 1.165) is 5.69 Å². The van der Waals surface area contributed by atoms with Gasteiger partial charge in [0.2, 0.25) is 10.0 Å². The number of anilines is 1. The summed E-state index contributed by atoms with van der Waals surface area (Å²) < 4.78 is 24.2. The lowest BCUT2D eigenvalue weighted by Gasteiger charge is -2.23. The van der Waals surface area contributed by atoms with Crippen LogP contribution >= 0.6 is 0 Å². The number of hydrazine groups is 2. The zero-order valence-electron chi connectivity index (χ0n) is 10.3. The molecule has 0 unspecified atom stereocenters. The summed E-state index contributed by atoms with van der Waals surface area (Å²) in [7, 11) is -3.27. The first-order valence-electron chi connectivity index (χ1n) is 5.44. The lowest BCUT2D eigenvalue weighted by atomic mass is 10.2. The number of hydrogen-bond donors (Lipinski definition) is 2. The molecular formula is C11H19N3O2S. The lowest BCUT2D eigenvalue weighted by Crippen LogP contribution is -2.47. The molecule has 0 aliphatic carbocycles. The highest BCUT2D eigenvalue weighted by atomic mass is 32.2. The molecule has 1 aromatic carbocycles. The standard InChI is InChI=1S/C11H19N3O2S/c1-10(2)9-14(17(3,15)16)13-12-11-7-5-4-6-8-11/h4-8,10,12-13H,9H2,1-3H3. The van der Waals surface area contributed by atoms with Crippen molar-refractivity contribution in [3.05, 3.63) is 30.3 Å². The molecule has 2 N–H and O–H groups in total. The van der Waals surface area contributed by atoms with Crippen molar-refractivity contribution in [2.45, 2.75) is 13.8 Å². The molecule has 1 rings (SSSR count). The van der Waals surface area contributed by atoms with E-state index in [0.29, 0.717) is 6.54 Å². The average Bonchev–Trinajstić information content (AvgIpc) is 2.23. The van der Waals surface area contributed by atoms with Crippen LogP contribution in [0.15, 0.2) is 30.3 Å². The fraction of sp³-hybridized carbons (Fsp3) is 0.455. The minimum absolute atomic E-state index is 0.245. The molecule has 0 fully saturated rings. The fourth-order valence-corrected chi connectivity index (χ4v) is 2.02. The van der Waals surface area contributed by atoms with Crippen LogP contribution in [-0.4, -0.2) is 25.6 Å². The summed E-state index contributed by atoms with van der Waals surface area (Å²) in [4.78, 5) is 0. The molecule has 0 aliphatic rings. The van der Waals surface area contributed by atoms with Gasteiger partial charge in [0.25, 0.3) is 0 Å². The SMILES string of the molecule is CC(C)CN(NNc1ccccc1)S(C)(=O)=O. The average molecular weight is 257 g/mol. The van der Waals surface area contributed by atoms with E-state index in [9.17, 15) is 8.42 Å². The van der Waals surface area contributed by atoms with E-state index >= 15 is 0 Å². The Morgan fingerprint density at radius 2 is 1.82 bits per heavy atom. The number of hydrogen-bond acceptors (Lipinski definition) is 4. The summed E-state index contributed by atoms with van der Waals surface area (Å²) in [6, 6.07) is 9.34. The highest BCUT2D eigenvalue weighted by Crippen LogP contribution is 2.05.